The summed E-state index contributed by atoms with van der Waals surface area (Å²) < 4.78 is 7.35. The average Bonchev–Trinajstić information content (AvgIpc) is 3.23. The number of hydrogen-bond donors (Lipinski definition) is 1. The third-order valence-electron chi connectivity index (χ3n) is 5.78. The van der Waals surface area contributed by atoms with Gasteiger partial charge in [0.15, 0.2) is 5.69 Å². The van der Waals surface area contributed by atoms with Crippen LogP contribution in [0.15, 0.2) is 28.8 Å². The Bertz CT molecular complexity index is 1050. The molecule has 0 fully saturated rings. The van der Waals surface area contributed by atoms with E-state index in [1.54, 1.807) is 0 Å². The summed E-state index contributed by atoms with van der Waals surface area (Å²) >= 11 is 6.01. The standard InChI is InChI=1S/C22H25ClN4O2/c1-12-5-10-19-18(11-12)21(26-29-19)22(28)24-20-13(2)25-27(15(20)4)14(3)16-6-8-17(23)9-7-16/h6-9,12,14H,5,10-11H2,1-4H3,(H,24,28). The second-order valence-electron chi connectivity index (χ2n) is 7.95. The molecule has 2 heterocycles. The highest BCUT2D eigenvalue weighted by molar-refractivity contribution is 6.30. The molecule has 1 N–H and O–H groups in total. The lowest BCUT2D eigenvalue weighted by Gasteiger charge is -2.16. The number of halogens is 1. The van der Waals surface area contributed by atoms with E-state index in [-0.39, 0.29) is 11.9 Å². The van der Waals surface area contributed by atoms with Gasteiger partial charge in [-0.05, 0) is 57.2 Å². The number of aromatic nitrogens is 3. The van der Waals surface area contributed by atoms with Gasteiger partial charge in [0.2, 0.25) is 0 Å². The minimum absolute atomic E-state index is 0.0114. The predicted molar refractivity (Wildman–Crippen MR) is 113 cm³/mol. The Morgan fingerprint density at radius 2 is 2.03 bits per heavy atom. The predicted octanol–water partition coefficient (Wildman–Crippen LogP) is 5.13. The van der Waals surface area contributed by atoms with Crippen LogP contribution in [-0.2, 0) is 12.8 Å². The summed E-state index contributed by atoms with van der Waals surface area (Å²) in [5.74, 6) is 1.13. The van der Waals surface area contributed by atoms with Crippen LogP contribution in [0.1, 0.15) is 65.1 Å². The Morgan fingerprint density at radius 1 is 1.31 bits per heavy atom. The molecule has 1 aliphatic rings. The van der Waals surface area contributed by atoms with Crippen LogP contribution in [0.3, 0.4) is 0 Å². The number of hydrogen-bond acceptors (Lipinski definition) is 4. The zero-order valence-corrected chi connectivity index (χ0v) is 17.9. The second kappa shape index (κ2) is 7.67. The molecule has 0 bridgehead atoms. The summed E-state index contributed by atoms with van der Waals surface area (Å²) in [5, 5.41) is 12.4. The molecule has 1 amide bonds. The first-order valence-electron chi connectivity index (χ1n) is 9.95. The Kier molecular flexibility index (Phi) is 5.21. The molecule has 0 spiro atoms. The fraction of sp³-hybridized carbons (Fsp3) is 0.409. The first kappa shape index (κ1) is 19.7. The first-order chi connectivity index (χ1) is 13.8. The highest BCUT2D eigenvalue weighted by Crippen LogP contribution is 2.30. The third-order valence-corrected chi connectivity index (χ3v) is 6.04. The maximum atomic E-state index is 13.0. The van der Waals surface area contributed by atoms with E-state index in [1.807, 2.05) is 42.8 Å². The largest absolute Gasteiger partial charge is 0.360 e. The number of carbonyl (C=O) groups excluding carboxylic acids is 1. The number of benzene rings is 1. The molecule has 6 nitrogen and oxygen atoms in total. The van der Waals surface area contributed by atoms with Crippen LogP contribution >= 0.6 is 11.6 Å². The summed E-state index contributed by atoms with van der Waals surface area (Å²) in [4.78, 5) is 13.0. The first-order valence-corrected chi connectivity index (χ1v) is 10.3. The number of rotatable bonds is 4. The van der Waals surface area contributed by atoms with Crippen LogP contribution in [0.5, 0.6) is 0 Å². The van der Waals surface area contributed by atoms with E-state index in [0.29, 0.717) is 16.6 Å². The van der Waals surface area contributed by atoms with Crippen molar-refractivity contribution in [3.8, 4) is 0 Å². The molecule has 29 heavy (non-hydrogen) atoms. The number of amides is 1. The molecule has 7 heteroatoms. The zero-order chi connectivity index (χ0) is 20.7. The Labute approximate surface area is 175 Å². The van der Waals surface area contributed by atoms with E-state index in [1.165, 1.54) is 0 Å². The molecule has 1 aliphatic carbocycles. The summed E-state index contributed by atoms with van der Waals surface area (Å²) in [6.45, 7) is 8.12. The van der Waals surface area contributed by atoms with Gasteiger partial charge < -0.3 is 9.84 Å². The van der Waals surface area contributed by atoms with Crippen LogP contribution in [0, 0.1) is 19.8 Å². The minimum atomic E-state index is -0.242. The summed E-state index contributed by atoms with van der Waals surface area (Å²) in [6, 6.07) is 7.74. The fourth-order valence-corrected chi connectivity index (χ4v) is 4.16. The molecular weight excluding hydrogens is 388 g/mol. The van der Waals surface area contributed by atoms with E-state index in [9.17, 15) is 4.79 Å². The molecule has 2 unspecified atom stereocenters. The van der Waals surface area contributed by atoms with E-state index in [0.717, 1.165) is 53.2 Å². The van der Waals surface area contributed by atoms with E-state index >= 15 is 0 Å². The van der Waals surface area contributed by atoms with Crippen molar-refractivity contribution >= 4 is 23.2 Å². The molecule has 2 aromatic heterocycles. The Hall–Kier alpha value is -2.60. The van der Waals surface area contributed by atoms with Gasteiger partial charge in [0.1, 0.15) is 5.76 Å². The quantitative estimate of drug-likeness (QED) is 0.644. The molecule has 0 saturated heterocycles. The van der Waals surface area contributed by atoms with Crippen molar-refractivity contribution in [2.24, 2.45) is 5.92 Å². The highest BCUT2D eigenvalue weighted by atomic mass is 35.5. The van der Waals surface area contributed by atoms with Crippen molar-refractivity contribution in [1.82, 2.24) is 14.9 Å². The van der Waals surface area contributed by atoms with Gasteiger partial charge in [-0.3, -0.25) is 9.48 Å². The minimum Gasteiger partial charge on any atom is -0.360 e. The van der Waals surface area contributed by atoms with Crippen molar-refractivity contribution in [1.29, 1.82) is 0 Å². The lowest BCUT2D eigenvalue weighted by atomic mass is 9.88. The van der Waals surface area contributed by atoms with Gasteiger partial charge in [-0.1, -0.05) is 35.8 Å². The lowest BCUT2D eigenvalue weighted by Crippen LogP contribution is -2.18. The van der Waals surface area contributed by atoms with Gasteiger partial charge in [0, 0.05) is 17.0 Å². The van der Waals surface area contributed by atoms with Crippen molar-refractivity contribution in [3.05, 3.63) is 63.3 Å². The Morgan fingerprint density at radius 3 is 2.76 bits per heavy atom. The maximum Gasteiger partial charge on any atom is 0.278 e. The molecule has 0 aliphatic heterocycles. The van der Waals surface area contributed by atoms with Crippen molar-refractivity contribution in [3.63, 3.8) is 0 Å². The Balaban J connectivity index is 1.59. The van der Waals surface area contributed by atoms with Crippen molar-refractivity contribution in [2.45, 2.75) is 53.0 Å². The number of anilines is 1. The molecule has 0 radical (unpaired) electrons. The van der Waals surface area contributed by atoms with Crippen molar-refractivity contribution < 1.29 is 9.32 Å². The monoisotopic (exact) mass is 412 g/mol. The molecule has 0 saturated carbocycles. The number of carbonyl (C=O) groups is 1. The van der Waals surface area contributed by atoms with Gasteiger partial charge in [-0.25, -0.2) is 0 Å². The van der Waals surface area contributed by atoms with Crippen LogP contribution < -0.4 is 5.32 Å². The maximum absolute atomic E-state index is 13.0. The van der Waals surface area contributed by atoms with Crippen LogP contribution in [-0.4, -0.2) is 20.8 Å². The van der Waals surface area contributed by atoms with Crippen LogP contribution in [0.4, 0.5) is 5.69 Å². The van der Waals surface area contributed by atoms with Crippen LogP contribution in [0.25, 0.3) is 0 Å². The SMILES string of the molecule is Cc1nn(C(C)c2ccc(Cl)cc2)c(C)c1NC(=O)c1noc2c1CC(C)CC2. The van der Waals surface area contributed by atoms with Crippen molar-refractivity contribution in [2.75, 3.05) is 5.32 Å². The zero-order valence-electron chi connectivity index (χ0n) is 17.1. The van der Waals surface area contributed by atoms with E-state index < -0.39 is 0 Å². The topological polar surface area (TPSA) is 73.0 Å². The van der Waals surface area contributed by atoms with E-state index in [2.05, 4.69) is 29.4 Å². The van der Waals surface area contributed by atoms with Crippen LogP contribution in [0.2, 0.25) is 5.02 Å². The molecule has 2 atom stereocenters. The smallest absolute Gasteiger partial charge is 0.278 e. The summed E-state index contributed by atoms with van der Waals surface area (Å²) in [5.41, 5.74) is 4.81. The van der Waals surface area contributed by atoms with Gasteiger partial charge in [0.25, 0.3) is 5.91 Å². The van der Waals surface area contributed by atoms with E-state index in [4.69, 9.17) is 16.1 Å². The van der Waals surface area contributed by atoms with Gasteiger partial charge >= 0.3 is 0 Å². The number of nitrogens with one attached hydrogen (secondary N) is 1. The van der Waals surface area contributed by atoms with Gasteiger partial charge in [0.05, 0.1) is 23.1 Å². The fourth-order valence-electron chi connectivity index (χ4n) is 4.03. The number of aryl methyl sites for hydroxylation is 2. The van der Waals surface area contributed by atoms with Gasteiger partial charge in [-0.2, -0.15) is 5.10 Å². The molecule has 1 aromatic carbocycles. The average molecular weight is 413 g/mol. The number of fused-ring (bicyclic) bond motifs is 1. The molecule has 3 aromatic rings. The highest BCUT2D eigenvalue weighted by Gasteiger charge is 2.28. The lowest BCUT2D eigenvalue weighted by molar-refractivity contribution is 0.101. The normalized spacial score (nSPS) is 17.1. The van der Waals surface area contributed by atoms with Gasteiger partial charge in [-0.15, -0.1) is 0 Å². The molecule has 152 valence electrons. The number of nitrogens with zero attached hydrogens (tertiary/aromatic N) is 3. The second-order valence-corrected chi connectivity index (χ2v) is 8.39. The third kappa shape index (κ3) is 3.69. The summed E-state index contributed by atoms with van der Waals surface area (Å²) in [6.07, 6.45) is 2.73. The molecule has 4 rings (SSSR count). The summed E-state index contributed by atoms with van der Waals surface area (Å²) in [7, 11) is 0. The molecular formula is C22H25ClN4O2.